The third-order valence-corrected chi connectivity index (χ3v) is 7.74. The van der Waals surface area contributed by atoms with Crippen LogP contribution in [0.25, 0.3) is 0 Å². The maximum absolute atomic E-state index is 14.0. The molecule has 7 nitrogen and oxygen atoms in total. The highest BCUT2D eigenvalue weighted by atomic mass is 19.1. The van der Waals surface area contributed by atoms with Crippen LogP contribution in [0.2, 0.25) is 0 Å². The van der Waals surface area contributed by atoms with Gasteiger partial charge >= 0.3 is 0 Å². The molecule has 5 rings (SSSR count). The van der Waals surface area contributed by atoms with Crippen LogP contribution in [0.1, 0.15) is 57.7 Å². The van der Waals surface area contributed by atoms with Crippen LogP contribution in [0.4, 0.5) is 4.39 Å². The summed E-state index contributed by atoms with van der Waals surface area (Å²) in [6.07, 6.45) is 0.713. The van der Waals surface area contributed by atoms with Gasteiger partial charge in [0, 0.05) is 37.1 Å². The summed E-state index contributed by atoms with van der Waals surface area (Å²) in [5, 5.41) is 3.06. The summed E-state index contributed by atoms with van der Waals surface area (Å²) >= 11 is 0. The van der Waals surface area contributed by atoms with Crippen LogP contribution in [0.5, 0.6) is 0 Å². The van der Waals surface area contributed by atoms with Crippen LogP contribution in [0.15, 0.2) is 78.9 Å². The molecule has 1 N–H and O–H groups in total. The first-order chi connectivity index (χ1) is 18.8. The zero-order valence-electron chi connectivity index (χ0n) is 22.1. The summed E-state index contributed by atoms with van der Waals surface area (Å²) in [4.78, 5) is 43.9. The van der Waals surface area contributed by atoms with Crippen molar-refractivity contribution in [3.63, 3.8) is 0 Å². The fourth-order valence-electron chi connectivity index (χ4n) is 5.48. The Bertz CT molecular complexity index is 1350. The molecule has 2 saturated heterocycles. The number of carbonyl (C=O) groups is 3. The van der Waals surface area contributed by atoms with E-state index >= 15 is 0 Å². The Hall–Kier alpha value is -4.04. The Balaban J connectivity index is 1.39. The van der Waals surface area contributed by atoms with E-state index in [1.165, 1.54) is 24.3 Å². The molecule has 0 saturated carbocycles. The van der Waals surface area contributed by atoms with Gasteiger partial charge < -0.3 is 15.0 Å². The molecule has 8 heteroatoms. The summed E-state index contributed by atoms with van der Waals surface area (Å²) in [7, 11) is 0. The smallest absolute Gasteiger partial charge is 0.257 e. The fraction of sp³-hybridized carbons (Fsp3) is 0.323. The lowest BCUT2D eigenvalue weighted by Crippen LogP contribution is -2.60. The van der Waals surface area contributed by atoms with Crippen LogP contribution in [-0.4, -0.2) is 59.0 Å². The SMILES string of the molecule is Cc1ccccc1C(=O)N1[C@@H](C(=O)N[C@H](C)c2ccccc2)COC12CCN(C(=O)c1ccc(F)cc1)CC2. The average Bonchev–Trinajstić information content (AvgIpc) is 3.32. The third kappa shape index (κ3) is 5.29. The van der Waals surface area contributed by atoms with Crippen molar-refractivity contribution in [2.75, 3.05) is 19.7 Å². The summed E-state index contributed by atoms with van der Waals surface area (Å²) in [5.74, 6) is -1.16. The summed E-state index contributed by atoms with van der Waals surface area (Å²) < 4.78 is 19.6. The van der Waals surface area contributed by atoms with Gasteiger partial charge in [-0.2, -0.15) is 0 Å². The molecule has 39 heavy (non-hydrogen) atoms. The first-order valence-corrected chi connectivity index (χ1v) is 13.2. The number of benzene rings is 3. The molecule has 2 fully saturated rings. The monoisotopic (exact) mass is 529 g/mol. The van der Waals surface area contributed by atoms with Crippen molar-refractivity contribution in [1.29, 1.82) is 0 Å². The number of likely N-dealkylation sites (tertiary alicyclic amines) is 1. The number of amides is 3. The quantitative estimate of drug-likeness (QED) is 0.529. The second kappa shape index (κ2) is 11.0. The molecule has 2 heterocycles. The van der Waals surface area contributed by atoms with E-state index in [1.54, 1.807) is 21.9 Å². The van der Waals surface area contributed by atoms with E-state index in [4.69, 9.17) is 4.74 Å². The number of rotatable bonds is 5. The molecule has 2 atom stereocenters. The van der Waals surface area contributed by atoms with Gasteiger partial charge in [0.2, 0.25) is 5.91 Å². The Labute approximate surface area is 227 Å². The van der Waals surface area contributed by atoms with Crippen molar-refractivity contribution in [3.8, 4) is 0 Å². The second-order valence-corrected chi connectivity index (χ2v) is 10.2. The summed E-state index contributed by atoms with van der Waals surface area (Å²) in [6.45, 7) is 4.52. The van der Waals surface area contributed by atoms with Crippen molar-refractivity contribution >= 4 is 17.7 Å². The standard InChI is InChI=1S/C31H32FN3O4/c1-21-8-6-7-11-26(21)30(38)35-27(28(36)33-22(2)23-9-4-3-5-10-23)20-39-31(35)16-18-34(19-17-31)29(37)24-12-14-25(32)15-13-24/h3-15,22,27H,16-20H2,1-2H3,(H,33,36)/t22-,27-/m1/s1. The normalized spacial score (nSPS) is 19.1. The lowest BCUT2D eigenvalue weighted by atomic mass is 9.95. The van der Waals surface area contributed by atoms with Gasteiger partial charge in [0.1, 0.15) is 17.6 Å². The number of nitrogens with one attached hydrogen (secondary N) is 1. The molecular weight excluding hydrogens is 497 g/mol. The number of hydrogen-bond acceptors (Lipinski definition) is 4. The molecule has 202 valence electrons. The number of hydrogen-bond donors (Lipinski definition) is 1. The zero-order chi connectivity index (χ0) is 27.6. The van der Waals surface area contributed by atoms with Crippen LogP contribution >= 0.6 is 0 Å². The molecule has 3 aromatic rings. The van der Waals surface area contributed by atoms with Crippen molar-refractivity contribution in [2.45, 2.75) is 44.5 Å². The fourth-order valence-corrected chi connectivity index (χ4v) is 5.48. The van der Waals surface area contributed by atoms with E-state index in [0.29, 0.717) is 37.1 Å². The number of carbonyl (C=O) groups excluding carboxylic acids is 3. The molecule has 1 spiro atoms. The second-order valence-electron chi connectivity index (χ2n) is 10.2. The molecule has 0 aliphatic carbocycles. The molecule has 3 amide bonds. The summed E-state index contributed by atoms with van der Waals surface area (Å²) in [6, 6.07) is 21.4. The molecular formula is C31H32FN3O4. The first kappa shape index (κ1) is 26.6. The number of piperidine rings is 1. The van der Waals surface area contributed by atoms with Crippen LogP contribution < -0.4 is 5.32 Å². The molecule has 0 aromatic heterocycles. The van der Waals surface area contributed by atoms with Crippen LogP contribution in [-0.2, 0) is 9.53 Å². The van der Waals surface area contributed by atoms with Gasteiger partial charge in [0.25, 0.3) is 11.8 Å². The van der Waals surface area contributed by atoms with E-state index in [0.717, 1.165) is 11.1 Å². The van der Waals surface area contributed by atoms with E-state index in [1.807, 2.05) is 56.3 Å². The van der Waals surface area contributed by atoms with E-state index in [-0.39, 0.29) is 30.4 Å². The minimum atomic E-state index is -1.02. The Morgan fingerprint density at radius 1 is 0.923 bits per heavy atom. The maximum Gasteiger partial charge on any atom is 0.257 e. The molecule has 0 radical (unpaired) electrons. The highest BCUT2D eigenvalue weighted by molar-refractivity contribution is 5.99. The molecule has 2 aliphatic heterocycles. The predicted molar refractivity (Wildman–Crippen MR) is 144 cm³/mol. The van der Waals surface area contributed by atoms with Gasteiger partial charge in [-0.1, -0.05) is 48.5 Å². The number of aryl methyl sites for hydroxylation is 1. The maximum atomic E-state index is 14.0. The van der Waals surface area contributed by atoms with Crippen molar-refractivity contribution in [2.24, 2.45) is 0 Å². The molecule has 2 aliphatic rings. The molecule has 3 aromatic carbocycles. The number of ether oxygens (including phenoxy) is 1. The zero-order valence-corrected chi connectivity index (χ0v) is 22.1. The highest BCUT2D eigenvalue weighted by Crippen LogP contribution is 2.39. The average molecular weight is 530 g/mol. The largest absolute Gasteiger partial charge is 0.353 e. The molecule has 0 unspecified atom stereocenters. The highest BCUT2D eigenvalue weighted by Gasteiger charge is 2.54. The molecule has 0 bridgehead atoms. The van der Waals surface area contributed by atoms with Crippen LogP contribution in [0.3, 0.4) is 0 Å². The topological polar surface area (TPSA) is 79.0 Å². The van der Waals surface area contributed by atoms with Gasteiger partial charge in [-0.05, 0) is 55.3 Å². The Morgan fingerprint density at radius 3 is 2.23 bits per heavy atom. The Morgan fingerprint density at radius 2 is 1.56 bits per heavy atom. The lowest BCUT2D eigenvalue weighted by molar-refractivity contribution is -0.128. The van der Waals surface area contributed by atoms with Crippen molar-refractivity contribution in [3.05, 3.63) is 107 Å². The van der Waals surface area contributed by atoms with Gasteiger partial charge in [0.15, 0.2) is 0 Å². The minimum Gasteiger partial charge on any atom is -0.353 e. The van der Waals surface area contributed by atoms with E-state index < -0.39 is 17.6 Å². The van der Waals surface area contributed by atoms with Crippen LogP contribution in [0, 0.1) is 12.7 Å². The number of nitrogens with zero attached hydrogens (tertiary/aromatic N) is 2. The summed E-state index contributed by atoms with van der Waals surface area (Å²) in [5.41, 5.74) is 1.67. The van der Waals surface area contributed by atoms with Gasteiger partial charge in [-0.25, -0.2) is 4.39 Å². The number of halogens is 1. The van der Waals surface area contributed by atoms with Gasteiger partial charge in [-0.15, -0.1) is 0 Å². The van der Waals surface area contributed by atoms with Crippen molar-refractivity contribution in [1.82, 2.24) is 15.1 Å². The van der Waals surface area contributed by atoms with Gasteiger partial charge in [0.05, 0.1) is 12.6 Å². The minimum absolute atomic E-state index is 0.0663. The Kier molecular flexibility index (Phi) is 7.48. The van der Waals surface area contributed by atoms with Crippen molar-refractivity contribution < 1.29 is 23.5 Å². The lowest BCUT2D eigenvalue weighted by Gasteiger charge is -2.44. The third-order valence-electron chi connectivity index (χ3n) is 7.74. The van der Waals surface area contributed by atoms with E-state index in [9.17, 15) is 18.8 Å². The predicted octanol–water partition coefficient (Wildman–Crippen LogP) is 4.49. The first-order valence-electron chi connectivity index (χ1n) is 13.2. The van der Waals surface area contributed by atoms with E-state index in [2.05, 4.69) is 5.32 Å². The van der Waals surface area contributed by atoms with Gasteiger partial charge in [-0.3, -0.25) is 19.3 Å².